The van der Waals surface area contributed by atoms with Crippen molar-refractivity contribution in [1.29, 1.82) is 0 Å². The van der Waals surface area contributed by atoms with Gasteiger partial charge in [0.15, 0.2) is 17.5 Å². The lowest BCUT2D eigenvalue weighted by atomic mass is 10.0. The highest BCUT2D eigenvalue weighted by molar-refractivity contribution is 5.63. The molecule has 0 bridgehead atoms. The molecule has 10 nitrogen and oxygen atoms in total. The van der Waals surface area contributed by atoms with Crippen LogP contribution in [0.3, 0.4) is 0 Å². The first-order valence-corrected chi connectivity index (χ1v) is 10.2. The van der Waals surface area contributed by atoms with Crippen LogP contribution < -0.4 is 11.1 Å². The van der Waals surface area contributed by atoms with Crippen LogP contribution in [0, 0.1) is 11.6 Å². The number of hydrogen-bond acceptors (Lipinski definition) is 9. The van der Waals surface area contributed by atoms with E-state index in [1.54, 1.807) is 12.1 Å². The van der Waals surface area contributed by atoms with Gasteiger partial charge in [-0.3, -0.25) is 4.68 Å². The van der Waals surface area contributed by atoms with Crippen LogP contribution in [0.5, 0.6) is 0 Å². The Kier molecular flexibility index (Phi) is 6.71. The fourth-order valence-electron chi connectivity index (χ4n) is 3.19. The molecule has 0 radical (unpaired) electrons. The molecule has 36 heavy (non-hydrogen) atoms. The van der Waals surface area contributed by atoms with Gasteiger partial charge in [-0.25, -0.2) is 18.7 Å². The van der Waals surface area contributed by atoms with Gasteiger partial charge in [-0.15, -0.1) is 0 Å². The minimum Gasteiger partial charge on any atom is -0.376 e. The summed E-state index contributed by atoms with van der Waals surface area (Å²) in [7, 11) is 0. The molecule has 3 heterocycles. The Morgan fingerprint density at radius 3 is 2.50 bits per heavy atom. The van der Waals surface area contributed by atoms with Crippen molar-refractivity contribution >= 4 is 5.82 Å². The number of nitrogens with zero attached hydrogens (tertiary/aromatic N) is 5. The topological polar surface area (TPSA) is 148 Å². The maximum Gasteiger partial charge on any atom is 0.422 e. The first-order valence-electron chi connectivity index (χ1n) is 10.2. The van der Waals surface area contributed by atoms with E-state index in [1.165, 1.54) is 35.2 Å². The second-order valence-corrected chi connectivity index (χ2v) is 7.66. The van der Waals surface area contributed by atoms with Crippen molar-refractivity contribution in [2.45, 2.75) is 24.6 Å². The van der Waals surface area contributed by atoms with Gasteiger partial charge in [-0.05, 0) is 12.1 Å². The zero-order valence-electron chi connectivity index (χ0n) is 18.1. The van der Waals surface area contributed by atoms with Gasteiger partial charge in [0.2, 0.25) is 5.60 Å². The highest BCUT2D eigenvalue weighted by atomic mass is 19.4. The van der Waals surface area contributed by atoms with Crippen molar-refractivity contribution < 1.29 is 36.7 Å². The second-order valence-electron chi connectivity index (χ2n) is 7.66. The molecule has 0 saturated carbocycles. The van der Waals surface area contributed by atoms with E-state index in [9.17, 15) is 32.2 Å². The summed E-state index contributed by atoms with van der Waals surface area (Å²) in [6.07, 6.45) is -6.06. The van der Waals surface area contributed by atoms with Crippen LogP contribution in [0.4, 0.5) is 27.8 Å². The Morgan fingerprint density at radius 1 is 1.11 bits per heavy atom. The number of nitrogens with two attached hydrogens (primary N) is 1. The number of halogens is 5. The molecule has 0 amide bonds. The number of aliphatic hydroxyl groups excluding tert-OH is 1. The van der Waals surface area contributed by atoms with Crippen LogP contribution in [0.15, 0.2) is 53.4 Å². The Morgan fingerprint density at radius 2 is 1.86 bits per heavy atom. The number of alkyl halides is 3. The van der Waals surface area contributed by atoms with E-state index in [0.717, 1.165) is 0 Å². The molecule has 4 aromatic rings. The lowest BCUT2D eigenvalue weighted by Crippen LogP contribution is -2.62. The lowest BCUT2D eigenvalue weighted by molar-refractivity contribution is -0.283. The number of anilines is 1. The summed E-state index contributed by atoms with van der Waals surface area (Å²) in [5, 5.41) is 29.2. The molecule has 1 aromatic carbocycles. The third-order valence-electron chi connectivity index (χ3n) is 5.24. The van der Waals surface area contributed by atoms with E-state index in [1.807, 2.05) is 5.32 Å². The third kappa shape index (κ3) is 4.89. The smallest absolute Gasteiger partial charge is 0.376 e. The largest absolute Gasteiger partial charge is 0.422 e. The summed E-state index contributed by atoms with van der Waals surface area (Å²) >= 11 is 0. The molecule has 3 aromatic heterocycles. The van der Waals surface area contributed by atoms with Crippen LogP contribution in [0.2, 0.25) is 0 Å². The highest BCUT2D eigenvalue weighted by Gasteiger charge is 2.57. The average molecular weight is 511 g/mol. The molecular formula is C21H18F5N7O3. The molecule has 15 heteroatoms. The third-order valence-corrected chi connectivity index (χ3v) is 5.24. The number of aliphatic hydroxyl groups is 2. The number of benzene rings is 1. The summed E-state index contributed by atoms with van der Waals surface area (Å²) in [5.41, 5.74) is 2.14. The van der Waals surface area contributed by atoms with Crippen LogP contribution in [0.25, 0.3) is 22.9 Å². The van der Waals surface area contributed by atoms with Crippen LogP contribution in [0.1, 0.15) is 5.56 Å². The van der Waals surface area contributed by atoms with E-state index >= 15 is 0 Å². The van der Waals surface area contributed by atoms with E-state index in [4.69, 9.17) is 10.3 Å². The summed E-state index contributed by atoms with van der Waals surface area (Å²) < 4.78 is 74.3. The van der Waals surface area contributed by atoms with Crippen LogP contribution in [-0.2, 0) is 6.54 Å². The predicted molar refractivity (Wildman–Crippen MR) is 114 cm³/mol. The first kappa shape index (κ1) is 25.2. The van der Waals surface area contributed by atoms with Gasteiger partial charge in [-0.2, -0.15) is 18.3 Å². The minimum atomic E-state index is -5.33. The first-order chi connectivity index (χ1) is 17.0. The van der Waals surface area contributed by atoms with Gasteiger partial charge < -0.3 is 25.8 Å². The molecule has 0 aliphatic heterocycles. The van der Waals surface area contributed by atoms with Crippen molar-refractivity contribution in [2.75, 3.05) is 11.9 Å². The molecule has 0 aliphatic rings. The zero-order valence-corrected chi connectivity index (χ0v) is 18.1. The molecule has 0 saturated heterocycles. The van der Waals surface area contributed by atoms with Crippen molar-refractivity contribution in [3.8, 4) is 22.9 Å². The Bertz CT molecular complexity index is 1340. The molecule has 2 atom stereocenters. The van der Waals surface area contributed by atoms with Crippen molar-refractivity contribution in [2.24, 2.45) is 5.73 Å². The monoisotopic (exact) mass is 511 g/mol. The quantitative estimate of drug-likeness (QED) is 0.207. The maximum absolute atomic E-state index is 14.3. The van der Waals surface area contributed by atoms with Gasteiger partial charge in [0.05, 0.1) is 25.0 Å². The van der Waals surface area contributed by atoms with E-state index in [-0.39, 0.29) is 18.1 Å². The van der Waals surface area contributed by atoms with E-state index < -0.39 is 42.0 Å². The molecule has 0 fully saturated rings. The average Bonchev–Trinajstić information content (AvgIpc) is 3.49. The van der Waals surface area contributed by atoms with Gasteiger partial charge in [0.1, 0.15) is 29.7 Å². The Hall–Kier alpha value is -3.95. The second kappa shape index (κ2) is 9.60. The molecular weight excluding hydrogens is 493 g/mol. The van der Waals surface area contributed by atoms with Crippen LogP contribution in [-0.4, -0.2) is 59.7 Å². The van der Waals surface area contributed by atoms with E-state index in [0.29, 0.717) is 23.1 Å². The molecule has 0 aliphatic carbocycles. The molecule has 1 unspecified atom stereocenters. The number of hydrogen-bond donors (Lipinski definition) is 4. The zero-order chi connectivity index (χ0) is 26.1. The van der Waals surface area contributed by atoms with Crippen molar-refractivity contribution in [3.63, 3.8) is 0 Å². The van der Waals surface area contributed by atoms with Crippen molar-refractivity contribution in [1.82, 2.24) is 24.9 Å². The predicted octanol–water partition coefficient (Wildman–Crippen LogP) is 2.30. The maximum atomic E-state index is 14.3. The fourth-order valence-corrected chi connectivity index (χ4v) is 3.19. The summed E-state index contributed by atoms with van der Waals surface area (Å²) in [6.45, 7) is -1.44. The Balaban J connectivity index is 1.68. The SMILES string of the molecule is NC(O)[C@@](O)(CNc1nc(-c2cc(-c3ccon3)n(Cc3ccccc3F)n2)ncc1F)C(F)(F)F. The minimum absolute atomic E-state index is 0.0336. The Labute approximate surface area is 199 Å². The molecule has 5 N–H and O–H groups in total. The summed E-state index contributed by atoms with van der Waals surface area (Å²) in [6, 6.07) is 8.96. The summed E-state index contributed by atoms with van der Waals surface area (Å²) in [5.74, 6) is -2.54. The van der Waals surface area contributed by atoms with Gasteiger partial charge in [0.25, 0.3) is 0 Å². The highest BCUT2D eigenvalue weighted by Crippen LogP contribution is 2.32. The lowest BCUT2D eigenvalue weighted by Gasteiger charge is -2.32. The number of aromatic nitrogens is 5. The van der Waals surface area contributed by atoms with E-state index in [2.05, 4.69) is 20.2 Å². The molecule has 4 rings (SSSR count). The molecule has 0 spiro atoms. The van der Waals surface area contributed by atoms with Gasteiger partial charge in [-0.1, -0.05) is 23.4 Å². The standard InChI is InChI=1S/C21H18F5N7O3/c22-12-4-2-1-3-11(12)9-33-16(14-5-6-36-32-14)7-15(31-33)18-28-8-13(23)17(30-18)29-10-20(35,19(27)34)21(24,25)26/h1-8,19,34-35H,9-10,27H2,(H,28,29,30)/t19?,20-/m0/s1. The fraction of sp³-hybridized carbons (Fsp3) is 0.238. The van der Waals surface area contributed by atoms with Crippen LogP contribution >= 0.6 is 0 Å². The number of nitrogens with one attached hydrogen (secondary N) is 1. The van der Waals surface area contributed by atoms with Gasteiger partial charge >= 0.3 is 6.18 Å². The summed E-state index contributed by atoms with van der Waals surface area (Å²) in [4.78, 5) is 7.67. The molecule has 190 valence electrons. The number of rotatable bonds is 8. The van der Waals surface area contributed by atoms with Gasteiger partial charge in [0, 0.05) is 11.6 Å². The van der Waals surface area contributed by atoms with Crippen molar-refractivity contribution in [3.05, 3.63) is 66.1 Å². The normalized spacial score (nSPS) is 14.4.